The number of fused-ring (bicyclic) bond motifs is 4. The van der Waals surface area contributed by atoms with Crippen molar-refractivity contribution in [2.45, 2.75) is 150 Å². The van der Waals surface area contributed by atoms with Crippen LogP contribution in [0, 0.1) is 43.7 Å². The monoisotopic (exact) mass is 2120 g/mol. The average Bonchev–Trinajstić information content (AvgIpc) is 0.919. The fraction of sp³-hybridized carbons (Fsp3) is 0.337. The molecule has 2 saturated heterocycles. The molecule has 7 N–H and O–H groups in total. The molecule has 0 unspecified atom stereocenters. The molecular weight excluding hydrogens is 2020 g/mol. The molecule has 7 atom stereocenters. The minimum atomic E-state index is -4.58. The van der Waals surface area contributed by atoms with Gasteiger partial charge >= 0.3 is 18.5 Å². The first-order valence-corrected chi connectivity index (χ1v) is 53.5. The number of nitrogens with one attached hydrogen (secondary N) is 7. The maximum absolute atomic E-state index is 15.2. The third-order valence-electron chi connectivity index (χ3n) is 21.1. The van der Waals surface area contributed by atoms with Crippen LogP contribution in [0.2, 0.25) is 15.1 Å². The van der Waals surface area contributed by atoms with Gasteiger partial charge in [0.25, 0.3) is 23.6 Å². The lowest BCUT2D eigenvalue weighted by molar-refractivity contribution is -0.160. The summed E-state index contributed by atoms with van der Waals surface area (Å²) in [5, 5.41) is 29.7. The minimum absolute atomic E-state index is 0.0399. The van der Waals surface area contributed by atoms with Crippen molar-refractivity contribution < 1.29 is 94.8 Å². The molecule has 0 radical (unpaired) electrons. The molecule has 0 aliphatic carbocycles. The number of halogens is 14. The Bertz CT molecular complexity index is 7450. The lowest BCUT2D eigenvalue weighted by Gasteiger charge is -2.24. The lowest BCUT2D eigenvalue weighted by Crippen LogP contribution is -2.47. The Morgan fingerprint density at radius 1 is 0.483 bits per heavy atom. The summed E-state index contributed by atoms with van der Waals surface area (Å²) in [5.41, 5.74) is 9.41. The van der Waals surface area contributed by atoms with E-state index in [0.717, 1.165) is 72.0 Å². The Kier molecular flexibility index (Phi) is 35.7. The highest BCUT2D eigenvalue weighted by Gasteiger charge is 2.40. The van der Waals surface area contributed by atoms with Gasteiger partial charge in [0.15, 0.2) is 24.4 Å². The van der Waals surface area contributed by atoms with Crippen LogP contribution in [-0.2, 0) is 63.9 Å². The van der Waals surface area contributed by atoms with Gasteiger partial charge in [0.05, 0.1) is 88.8 Å². The lowest BCUT2D eigenvalue weighted by atomic mass is 10.0. The summed E-state index contributed by atoms with van der Waals surface area (Å²) in [6.07, 6.45) is -3.73. The van der Waals surface area contributed by atoms with Gasteiger partial charge in [0.2, 0.25) is 0 Å². The average molecular weight is 2130 g/mol. The molecule has 14 rings (SSSR count). The minimum Gasteiger partial charge on any atom is -0.480 e. The fourth-order valence-corrected chi connectivity index (χ4v) is 18.8. The molecular formula is C95H100Cl3F11N20O10S4. The van der Waals surface area contributed by atoms with Crippen LogP contribution in [0.1, 0.15) is 89.3 Å². The fourth-order valence-electron chi connectivity index (χ4n) is 13.9. The Morgan fingerprint density at radius 2 is 0.867 bits per heavy atom. The topological polar surface area (TPSA) is 400 Å². The SMILES string of the molecule is C=S(C)(C)=Nc1cc(C)c2c(Cc3ccc(F)cc3O[C@H](C)C(=O)NCC(F)(F)F)ncnc2c1.C=S1(=Nc2cc(F)c3c(Nc4ccc(Cl)cc4O[C@H](C)C(=O)N[C@@H](C)C#N)ncnc3c2)CCC1.Cc1cc(N=S(C)(C)=O)cc2ncnc(Nc3ccc(Cl)cc3O[C@H](C)C(=O)N[C@@H](C)C(F)(F)F)c12.Cc1cc(N=S2(=O)CCC2)cc2ncnc(Nc3ccc(Cl)cc3O[C@H](C)C(=O)N[C@@H](C)C(F)(F)F)c12. The number of rotatable bonds is 28. The van der Waals surface area contributed by atoms with E-state index in [0.29, 0.717) is 116 Å². The summed E-state index contributed by atoms with van der Waals surface area (Å²) in [7, 11) is -7.24. The van der Waals surface area contributed by atoms with Crippen molar-refractivity contribution >= 4 is 209 Å². The van der Waals surface area contributed by atoms with Crippen LogP contribution >= 0.6 is 34.8 Å². The Labute approximate surface area is 833 Å². The van der Waals surface area contributed by atoms with Crippen molar-refractivity contribution in [1.82, 2.24) is 61.1 Å². The number of ether oxygens (including phenoxy) is 4. The highest BCUT2D eigenvalue weighted by Crippen LogP contribution is 2.42. The van der Waals surface area contributed by atoms with Gasteiger partial charge in [-0.25, -0.2) is 65.8 Å². The normalized spacial score (nSPS) is 14.7. The number of nitrogens with zero attached hydrogens (tertiary/aromatic N) is 13. The van der Waals surface area contributed by atoms with E-state index in [1.807, 2.05) is 68.2 Å². The molecule has 143 heavy (non-hydrogen) atoms. The summed E-state index contributed by atoms with van der Waals surface area (Å²) < 4.78 is 209. The predicted octanol–water partition coefficient (Wildman–Crippen LogP) is 20.7. The molecule has 48 heteroatoms. The quantitative estimate of drug-likeness (QED) is 0.0177. The van der Waals surface area contributed by atoms with Crippen molar-refractivity contribution in [3.05, 3.63) is 201 Å². The summed E-state index contributed by atoms with van der Waals surface area (Å²) >= 11 is 18.4. The van der Waals surface area contributed by atoms with Crippen LogP contribution in [0.15, 0.2) is 164 Å². The third-order valence-corrected chi connectivity index (χ3v) is 28.3. The first kappa shape index (κ1) is 111. The van der Waals surface area contributed by atoms with Crippen molar-refractivity contribution in [3.63, 3.8) is 0 Å². The molecule has 2 fully saturated rings. The molecule has 2 aliphatic rings. The van der Waals surface area contributed by atoms with Gasteiger partial charge in [0, 0.05) is 107 Å². The Morgan fingerprint density at radius 3 is 1.28 bits per heavy atom. The van der Waals surface area contributed by atoms with E-state index >= 15 is 4.39 Å². The Balaban J connectivity index is 0.000000182. The molecule has 2 aliphatic heterocycles. The van der Waals surface area contributed by atoms with Gasteiger partial charge in [-0.1, -0.05) is 52.6 Å². The Hall–Kier alpha value is -12.9. The molecule has 0 saturated carbocycles. The molecule has 6 heterocycles. The molecule has 8 aromatic carbocycles. The van der Waals surface area contributed by atoms with Crippen LogP contribution in [0.25, 0.3) is 43.6 Å². The van der Waals surface area contributed by atoms with Gasteiger partial charge in [-0.15, -0.1) is 18.8 Å². The van der Waals surface area contributed by atoms with Gasteiger partial charge in [-0.05, 0) is 208 Å². The molecule has 30 nitrogen and oxygen atoms in total. The highest BCUT2D eigenvalue weighted by molar-refractivity contribution is 8.03. The van der Waals surface area contributed by atoms with Crippen molar-refractivity contribution in [2.24, 2.45) is 17.5 Å². The summed E-state index contributed by atoms with van der Waals surface area (Å²) in [5.74, 6) is 8.60. The molecule has 0 bridgehead atoms. The number of aromatic nitrogens is 8. The third kappa shape index (κ3) is 31.1. The van der Waals surface area contributed by atoms with E-state index < -0.39 is 141 Å². The van der Waals surface area contributed by atoms with Gasteiger partial charge in [-0.3, -0.25) is 19.2 Å². The second-order valence-electron chi connectivity index (χ2n) is 34.1. The maximum atomic E-state index is 15.2. The number of carbonyl (C=O) groups excluding carboxylic acids is 4. The number of nitriles is 1. The summed E-state index contributed by atoms with van der Waals surface area (Å²) in [6, 6.07) is 29.0. The summed E-state index contributed by atoms with van der Waals surface area (Å²) in [4.78, 5) is 83.4. The van der Waals surface area contributed by atoms with Crippen LogP contribution in [0.5, 0.6) is 23.0 Å². The van der Waals surface area contributed by atoms with Crippen molar-refractivity contribution in [2.75, 3.05) is 70.5 Å². The standard InChI is InChI=1S/C24H25ClF3N5O3S.C24H24ClFN6O2S.C24H26F4N4O2S.C23H25ClF3N5O3S/c1-13-9-17(33-37(35)7-4-8-37)11-19-21(13)22(30-12-29-19)32-18-6-5-16(25)10-20(18)36-14(2)23(34)31-15(3)24(26,27)28;1-14(12-27)30-24(33)15(2)34-21-9-16(25)5-6-19(21)31-23-22-18(26)10-17(11-20(22)28-13-29-23)32-35(3)7-4-8-35;1-14-8-18(32-35(3,4)5)11-20-22(14)19(30-13-31-20)9-16-6-7-17(25)10-21(16)34-15(2)23(33)29-12-24(26,27)28;1-12-8-16(32-36(4,5)34)10-18-20(12)21(29-11-28-18)31-17-7-6-15(24)9-19(17)35-13(2)22(33)30-14(3)23(25,26)27/h5-6,9-12,14-15H,4,7-8H2,1-3H3,(H,31,34)(H,29,30,32);5-6,9-11,13-15H,3-4,7-8H2,1-2H3,(H,30,33)(H,28,29,31);6-8,10-11,13,15H,3,9,12H2,1-2,4-5H3,(H,29,33);6-11,13-14H,1-5H3,(H,30,33)(H,28,29,31)/t2*14-,15+;15-;13-,14+/m1011/s1. The highest BCUT2D eigenvalue weighted by atomic mass is 35.5. The van der Waals surface area contributed by atoms with E-state index in [1.54, 1.807) is 79.8 Å². The van der Waals surface area contributed by atoms with Crippen LogP contribution < -0.4 is 56.2 Å². The van der Waals surface area contributed by atoms with Gasteiger partial charge in [0.1, 0.15) is 102 Å². The number of alkyl halides is 9. The number of carbonyl (C=O) groups is 4. The number of aryl methyl sites for hydroxylation is 3. The van der Waals surface area contributed by atoms with E-state index in [2.05, 4.69) is 90.3 Å². The number of hydrogen-bond acceptors (Lipinski definition) is 26. The predicted molar refractivity (Wildman–Crippen MR) is 542 cm³/mol. The van der Waals surface area contributed by atoms with Gasteiger partial charge in [-0.2, -0.15) is 53.5 Å². The second kappa shape index (κ2) is 46.2. The van der Waals surface area contributed by atoms with E-state index in [9.17, 15) is 71.5 Å². The summed E-state index contributed by atoms with van der Waals surface area (Å²) in [6.45, 7) is 12.9. The number of hydrogen-bond donors (Lipinski definition) is 7. The van der Waals surface area contributed by atoms with E-state index in [-0.39, 0.29) is 40.6 Å². The number of amides is 4. The second-order valence-corrected chi connectivity index (χ2v) is 46.6. The zero-order valence-corrected chi connectivity index (χ0v) is 84.8. The number of anilines is 6. The molecule has 12 aromatic rings. The molecule has 0 spiro atoms. The van der Waals surface area contributed by atoms with E-state index in [1.165, 1.54) is 95.0 Å². The molecule has 4 aromatic heterocycles. The smallest absolute Gasteiger partial charge is 0.408 e. The molecule has 762 valence electrons. The van der Waals surface area contributed by atoms with Gasteiger partial charge < -0.3 is 56.2 Å². The number of benzene rings is 8. The van der Waals surface area contributed by atoms with Crippen molar-refractivity contribution in [3.8, 4) is 29.1 Å². The van der Waals surface area contributed by atoms with Crippen LogP contribution in [0.4, 0.5) is 106 Å². The first-order valence-electron chi connectivity index (χ1n) is 43.5. The zero-order valence-electron chi connectivity index (χ0n) is 79.3. The first-order chi connectivity index (χ1) is 66.9. The van der Waals surface area contributed by atoms with Crippen molar-refractivity contribution in [1.29, 1.82) is 5.26 Å². The molecule has 4 amide bonds. The largest absolute Gasteiger partial charge is 0.480 e. The van der Waals surface area contributed by atoms with Crippen LogP contribution in [-0.4, -0.2) is 199 Å². The zero-order chi connectivity index (χ0) is 105. The van der Waals surface area contributed by atoms with Crippen LogP contribution in [0.3, 0.4) is 0 Å². The maximum Gasteiger partial charge on any atom is 0.408 e. The van der Waals surface area contributed by atoms with E-state index in [4.69, 9.17) is 59.0 Å².